The van der Waals surface area contributed by atoms with Gasteiger partial charge in [-0.25, -0.2) is 0 Å². The Kier molecular flexibility index (Phi) is 7.23. The van der Waals surface area contributed by atoms with Crippen molar-refractivity contribution < 1.29 is 4.79 Å². The SMILES string of the molecule is CCCCCCCNC1CCCCNC1=O. The lowest BCUT2D eigenvalue weighted by Gasteiger charge is -2.14. The zero-order valence-corrected chi connectivity index (χ0v) is 10.6. The zero-order chi connectivity index (χ0) is 11.6. The molecule has 1 rings (SSSR count). The van der Waals surface area contributed by atoms with Gasteiger partial charge in [0.2, 0.25) is 5.91 Å². The summed E-state index contributed by atoms with van der Waals surface area (Å²) in [5.74, 6) is 0.200. The standard InChI is InChI=1S/C13H26N2O/c1-2-3-4-5-7-10-14-12-9-6-8-11-15-13(12)16/h12,14H,2-11H2,1H3,(H,15,16). The number of carbonyl (C=O) groups excluding carboxylic acids is 1. The molecule has 1 unspecified atom stereocenters. The van der Waals surface area contributed by atoms with E-state index in [1.54, 1.807) is 0 Å². The summed E-state index contributed by atoms with van der Waals surface area (Å²) in [6.07, 6.45) is 9.73. The first-order valence-electron chi connectivity index (χ1n) is 6.85. The summed E-state index contributed by atoms with van der Waals surface area (Å²) in [6.45, 7) is 4.07. The first-order valence-corrected chi connectivity index (χ1v) is 6.85. The Morgan fingerprint density at radius 2 is 2.06 bits per heavy atom. The molecule has 0 aromatic carbocycles. The molecule has 1 amide bonds. The van der Waals surface area contributed by atoms with Crippen molar-refractivity contribution in [2.24, 2.45) is 0 Å². The Balaban J connectivity index is 2.04. The van der Waals surface area contributed by atoms with E-state index in [2.05, 4.69) is 17.6 Å². The number of unbranched alkanes of at least 4 members (excludes halogenated alkanes) is 4. The van der Waals surface area contributed by atoms with Crippen LogP contribution in [0.2, 0.25) is 0 Å². The Morgan fingerprint density at radius 3 is 2.88 bits per heavy atom. The van der Waals surface area contributed by atoms with Crippen molar-refractivity contribution in [1.29, 1.82) is 0 Å². The molecule has 1 heterocycles. The molecule has 1 aliphatic rings. The minimum Gasteiger partial charge on any atom is -0.355 e. The maximum absolute atomic E-state index is 11.6. The Hall–Kier alpha value is -0.570. The molecule has 0 aliphatic carbocycles. The largest absolute Gasteiger partial charge is 0.355 e. The van der Waals surface area contributed by atoms with E-state index in [9.17, 15) is 4.79 Å². The van der Waals surface area contributed by atoms with Gasteiger partial charge in [-0.1, -0.05) is 32.6 Å². The number of carbonyl (C=O) groups is 1. The van der Waals surface area contributed by atoms with Crippen LogP contribution in [0.5, 0.6) is 0 Å². The molecule has 1 saturated heterocycles. The molecule has 0 spiro atoms. The normalized spacial score (nSPS) is 21.6. The van der Waals surface area contributed by atoms with E-state index in [-0.39, 0.29) is 11.9 Å². The molecular formula is C13H26N2O. The molecule has 0 aromatic heterocycles. The summed E-state index contributed by atoms with van der Waals surface area (Å²) in [7, 11) is 0. The lowest BCUT2D eigenvalue weighted by Crippen LogP contribution is -2.43. The van der Waals surface area contributed by atoms with Crippen LogP contribution in [-0.2, 0) is 4.79 Å². The van der Waals surface area contributed by atoms with Crippen LogP contribution in [0.1, 0.15) is 58.3 Å². The molecule has 94 valence electrons. The molecule has 1 atom stereocenters. The third-order valence-corrected chi connectivity index (χ3v) is 3.21. The smallest absolute Gasteiger partial charge is 0.237 e. The van der Waals surface area contributed by atoms with E-state index in [0.717, 1.165) is 32.4 Å². The minimum absolute atomic E-state index is 0.0636. The summed E-state index contributed by atoms with van der Waals surface area (Å²) in [4.78, 5) is 11.6. The van der Waals surface area contributed by atoms with Crippen LogP contribution in [0, 0.1) is 0 Å². The molecule has 1 aliphatic heterocycles. The highest BCUT2D eigenvalue weighted by Gasteiger charge is 2.18. The van der Waals surface area contributed by atoms with Gasteiger partial charge in [-0.3, -0.25) is 4.79 Å². The summed E-state index contributed by atoms with van der Waals surface area (Å²) < 4.78 is 0. The Bertz CT molecular complexity index is 194. The first kappa shape index (κ1) is 13.5. The van der Waals surface area contributed by atoms with Gasteiger partial charge >= 0.3 is 0 Å². The predicted octanol–water partition coefficient (Wildman–Crippen LogP) is 2.22. The van der Waals surface area contributed by atoms with Gasteiger partial charge in [-0.2, -0.15) is 0 Å². The zero-order valence-electron chi connectivity index (χ0n) is 10.6. The van der Waals surface area contributed by atoms with Crippen molar-refractivity contribution in [2.45, 2.75) is 64.3 Å². The first-order chi connectivity index (χ1) is 7.84. The van der Waals surface area contributed by atoms with Gasteiger partial charge in [0.15, 0.2) is 0 Å². The van der Waals surface area contributed by atoms with E-state index in [4.69, 9.17) is 0 Å². The van der Waals surface area contributed by atoms with Gasteiger partial charge in [0.05, 0.1) is 6.04 Å². The van der Waals surface area contributed by atoms with Gasteiger partial charge in [0.1, 0.15) is 0 Å². The Labute approximate surface area is 99.4 Å². The minimum atomic E-state index is 0.0636. The van der Waals surface area contributed by atoms with Crippen molar-refractivity contribution in [3.8, 4) is 0 Å². The van der Waals surface area contributed by atoms with Crippen LogP contribution in [-0.4, -0.2) is 25.0 Å². The van der Waals surface area contributed by atoms with Crippen molar-refractivity contribution in [2.75, 3.05) is 13.1 Å². The third kappa shape index (κ3) is 5.50. The highest BCUT2D eigenvalue weighted by molar-refractivity contribution is 5.81. The van der Waals surface area contributed by atoms with E-state index < -0.39 is 0 Å². The van der Waals surface area contributed by atoms with Crippen LogP contribution >= 0.6 is 0 Å². The number of rotatable bonds is 7. The summed E-state index contributed by atoms with van der Waals surface area (Å²) in [6, 6.07) is 0.0636. The molecule has 3 nitrogen and oxygen atoms in total. The molecule has 16 heavy (non-hydrogen) atoms. The fourth-order valence-electron chi connectivity index (χ4n) is 2.14. The van der Waals surface area contributed by atoms with Gasteiger partial charge in [-0.05, 0) is 32.2 Å². The summed E-state index contributed by atoms with van der Waals surface area (Å²) in [5, 5.41) is 6.33. The van der Waals surface area contributed by atoms with Crippen molar-refractivity contribution in [3.63, 3.8) is 0 Å². The third-order valence-electron chi connectivity index (χ3n) is 3.21. The van der Waals surface area contributed by atoms with Gasteiger partial charge in [0.25, 0.3) is 0 Å². The van der Waals surface area contributed by atoms with Crippen molar-refractivity contribution in [3.05, 3.63) is 0 Å². The average Bonchev–Trinajstić information content (AvgIpc) is 2.49. The molecule has 3 heteroatoms. The fourth-order valence-corrected chi connectivity index (χ4v) is 2.14. The second-order valence-electron chi connectivity index (χ2n) is 4.71. The maximum Gasteiger partial charge on any atom is 0.237 e. The lowest BCUT2D eigenvalue weighted by molar-refractivity contribution is -0.122. The van der Waals surface area contributed by atoms with E-state index in [1.807, 2.05) is 0 Å². The van der Waals surface area contributed by atoms with E-state index in [1.165, 1.54) is 32.1 Å². The second kappa shape index (κ2) is 8.57. The van der Waals surface area contributed by atoms with Crippen LogP contribution in [0.25, 0.3) is 0 Å². The molecule has 0 bridgehead atoms. The summed E-state index contributed by atoms with van der Waals surface area (Å²) in [5.41, 5.74) is 0. The molecule has 1 fully saturated rings. The van der Waals surface area contributed by atoms with Gasteiger partial charge in [0, 0.05) is 6.54 Å². The topological polar surface area (TPSA) is 41.1 Å². The van der Waals surface area contributed by atoms with Crippen LogP contribution in [0.3, 0.4) is 0 Å². The lowest BCUT2D eigenvalue weighted by atomic mass is 10.1. The molecule has 0 saturated carbocycles. The number of nitrogens with one attached hydrogen (secondary N) is 2. The van der Waals surface area contributed by atoms with Gasteiger partial charge in [-0.15, -0.1) is 0 Å². The predicted molar refractivity (Wildman–Crippen MR) is 67.4 cm³/mol. The van der Waals surface area contributed by atoms with Crippen LogP contribution in [0.4, 0.5) is 0 Å². The molecule has 2 N–H and O–H groups in total. The van der Waals surface area contributed by atoms with Crippen molar-refractivity contribution >= 4 is 5.91 Å². The highest BCUT2D eigenvalue weighted by Crippen LogP contribution is 2.06. The van der Waals surface area contributed by atoms with E-state index in [0.29, 0.717) is 0 Å². The molecule has 0 aromatic rings. The monoisotopic (exact) mass is 226 g/mol. The average molecular weight is 226 g/mol. The van der Waals surface area contributed by atoms with Crippen LogP contribution in [0.15, 0.2) is 0 Å². The highest BCUT2D eigenvalue weighted by atomic mass is 16.2. The molecule has 0 radical (unpaired) electrons. The molecular weight excluding hydrogens is 200 g/mol. The quantitative estimate of drug-likeness (QED) is 0.654. The fraction of sp³-hybridized carbons (Fsp3) is 0.923. The van der Waals surface area contributed by atoms with E-state index >= 15 is 0 Å². The number of hydrogen-bond acceptors (Lipinski definition) is 2. The second-order valence-corrected chi connectivity index (χ2v) is 4.71. The van der Waals surface area contributed by atoms with Crippen LogP contribution < -0.4 is 10.6 Å². The van der Waals surface area contributed by atoms with Crippen molar-refractivity contribution in [1.82, 2.24) is 10.6 Å². The number of amides is 1. The maximum atomic E-state index is 11.6. The number of hydrogen-bond donors (Lipinski definition) is 2. The van der Waals surface area contributed by atoms with Gasteiger partial charge < -0.3 is 10.6 Å². The Morgan fingerprint density at radius 1 is 1.25 bits per heavy atom. The summed E-state index contributed by atoms with van der Waals surface area (Å²) >= 11 is 0.